The van der Waals surface area contributed by atoms with Crippen LogP contribution in [-0.4, -0.2) is 22.0 Å². The second-order valence-corrected chi connectivity index (χ2v) is 5.88. The van der Waals surface area contributed by atoms with Crippen molar-refractivity contribution in [3.63, 3.8) is 0 Å². The van der Waals surface area contributed by atoms with Crippen LogP contribution in [-0.2, 0) is 0 Å². The fourth-order valence-corrected chi connectivity index (χ4v) is 3.21. The Morgan fingerprint density at radius 3 is 2.74 bits per heavy atom. The third-order valence-electron chi connectivity index (χ3n) is 2.28. The Kier molecular flexibility index (Phi) is 4.18. The summed E-state index contributed by atoms with van der Waals surface area (Å²) in [6.45, 7) is 1.74. The van der Waals surface area contributed by atoms with Crippen molar-refractivity contribution in [2.75, 3.05) is 0 Å². The summed E-state index contributed by atoms with van der Waals surface area (Å²) in [6, 6.07) is 1.28. The van der Waals surface area contributed by atoms with Crippen LogP contribution >= 0.6 is 34.3 Å². The standard InChI is InChI=1S/C11H9ClN2O3S2/c1-5(10-14-7(4-19-10)11(16)17)13-9(15)8-6(12)2-3-18-8/h2-5H,1H3,(H,13,15)(H,16,17). The van der Waals surface area contributed by atoms with Crippen LogP contribution in [0.15, 0.2) is 16.8 Å². The molecule has 0 spiro atoms. The second-order valence-electron chi connectivity index (χ2n) is 3.67. The quantitative estimate of drug-likeness (QED) is 0.908. The maximum atomic E-state index is 11.9. The Labute approximate surface area is 121 Å². The van der Waals surface area contributed by atoms with E-state index in [0.29, 0.717) is 14.9 Å². The lowest BCUT2D eigenvalue weighted by molar-refractivity contribution is 0.0691. The lowest BCUT2D eigenvalue weighted by Gasteiger charge is -2.10. The Balaban J connectivity index is 2.08. The first-order valence-electron chi connectivity index (χ1n) is 5.21. The highest BCUT2D eigenvalue weighted by molar-refractivity contribution is 7.12. The Morgan fingerprint density at radius 2 is 2.21 bits per heavy atom. The molecule has 100 valence electrons. The third kappa shape index (κ3) is 3.12. The first kappa shape index (κ1) is 14.0. The molecule has 0 fully saturated rings. The van der Waals surface area contributed by atoms with Gasteiger partial charge in [-0.25, -0.2) is 9.78 Å². The van der Waals surface area contributed by atoms with E-state index in [9.17, 15) is 9.59 Å². The topological polar surface area (TPSA) is 79.3 Å². The zero-order chi connectivity index (χ0) is 14.0. The number of thiazole rings is 1. The number of carboxylic acid groups (broad SMARTS) is 1. The van der Waals surface area contributed by atoms with Crippen molar-refractivity contribution in [2.45, 2.75) is 13.0 Å². The SMILES string of the molecule is CC(NC(=O)c1sccc1Cl)c1nc(C(=O)O)cs1. The predicted molar refractivity (Wildman–Crippen MR) is 74.3 cm³/mol. The highest BCUT2D eigenvalue weighted by Gasteiger charge is 2.18. The van der Waals surface area contributed by atoms with Gasteiger partial charge in [0.25, 0.3) is 5.91 Å². The zero-order valence-electron chi connectivity index (χ0n) is 9.71. The molecule has 19 heavy (non-hydrogen) atoms. The molecule has 2 aromatic heterocycles. The van der Waals surface area contributed by atoms with E-state index >= 15 is 0 Å². The number of hydrogen-bond donors (Lipinski definition) is 2. The largest absolute Gasteiger partial charge is 0.476 e. The smallest absolute Gasteiger partial charge is 0.355 e. The van der Waals surface area contributed by atoms with Crippen molar-refractivity contribution >= 4 is 46.2 Å². The highest BCUT2D eigenvalue weighted by Crippen LogP contribution is 2.24. The van der Waals surface area contributed by atoms with Gasteiger partial charge in [-0.2, -0.15) is 0 Å². The van der Waals surface area contributed by atoms with E-state index in [-0.39, 0.29) is 17.6 Å². The van der Waals surface area contributed by atoms with Crippen molar-refractivity contribution in [1.82, 2.24) is 10.3 Å². The molecule has 5 nitrogen and oxygen atoms in total. The number of amides is 1. The molecule has 2 N–H and O–H groups in total. The molecular formula is C11H9ClN2O3S2. The molecule has 0 radical (unpaired) electrons. The van der Waals surface area contributed by atoms with Crippen molar-refractivity contribution in [1.29, 1.82) is 0 Å². The van der Waals surface area contributed by atoms with E-state index in [2.05, 4.69) is 10.3 Å². The van der Waals surface area contributed by atoms with Crippen molar-refractivity contribution < 1.29 is 14.7 Å². The third-order valence-corrected chi connectivity index (χ3v) is 4.65. The summed E-state index contributed by atoms with van der Waals surface area (Å²) in [5, 5.41) is 15.6. The lowest BCUT2D eigenvalue weighted by atomic mass is 10.3. The number of carboxylic acids is 1. The first-order valence-corrected chi connectivity index (χ1v) is 7.35. The van der Waals surface area contributed by atoms with Gasteiger partial charge < -0.3 is 10.4 Å². The molecule has 1 atom stereocenters. The van der Waals surface area contributed by atoms with Crippen LogP contribution in [0.3, 0.4) is 0 Å². The van der Waals surface area contributed by atoms with Gasteiger partial charge in [0.05, 0.1) is 11.1 Å². The number of nitrogens with one attached hydrogen (secondary N) is 1. The molecule has 0 aliphatic heterocycles. The summed E-state index contributed by atoms with van der Waals surface area (Å²) >= 11 is 8.31. The van der Waals surface area contributed by atoms with Crippen LogP contribution < -0.4 is 5.32 Å². The van der Waals surface area contributed by atoms with E-state index in [4.69, 9.17) is 16.7 Å². The van der Waals surface area contributed by atoms with E-state index in [0.717, 1.165) is 0 Å². The average Bonchev–Trinajstić information content (AvgIpc) is 2.96. The molecule has 0 aromatic carbocycles. The molecule has 0 aliphatic rings. The number of nitrogens with zero attached hydrogens (tertiary/aromatic N) is 1. The second kappa shape index (κ2) is 5.68. The number of rotatable bonds is 4. The van der Waals surface area contributed by atoms with Gasteiger partial charge in [-0.05, 0) is 18.4 Å². The van der Waals surface area contributed by atoms with Gasteiger partial charge in [0, 0.05) is 5.38 Å². The molecule has 0 saturated carbocycles. The molecule has 0 saturated heterocycles. The average molecular weight is 317 g/mol. The molecule has 2 heterocycles. The summed E-state index contributed by atoms with van der Waals surface area (Å²) in [5.74, 6) is -1.37. The van der Waals surface area contributed by atoms with E-state index in [1.165, 1.54) is 28.1 Å². The van der Waals surface area contributed by atoms with Gasteiger partial charge in [-0.1, -0.05) is 11.6 Å². The summed E-state index contributed by atoms with van der Waals surface area (Å²) in [4.78, 5) is 27.0. The van der Waals surface area contributed by atoms with E-state index in [1.54, 1.807) is 18.4 Å². The number of aromatic nitrogens is 1. The molecule has 1 amide bonds. The Morgan fingerprint density at radius 1 is 1.47 bits per heavy atom. The maximum absolute atomic E-state index is 11.9. The summed E-state index contributed by atoms with van der Waals surface area (Å²) in [7, 11) is 0. The van der Waals surface area contributed by atoms with Gasteiger partial charge in [-0.15, -0.1) is 22.7 Å². The lowest BCUT2D eigenvalue weighted by Crippen LogP contribution is -2.26. The molecule has 0 aliphatic carbocycles. The number of halogens is 1. The number of hydrogen-bond acceptors (Lipinski definition) is 5. The molecule has 8 heteroatoms. The molecule has 2 rings (SSSR count). The summed E-state index contributed by atoms with van der Waals surface area (Å²) < 4.78 is 0. The van der Waals surface area contributed by atoms with Crippen LogP contribution in [0.1, 0.15) is 38.1 Å². The number of carbonyl (C=O) groups excluding carboxylic acids is 1. The minimum atomic E-state index is -1.08. The van der Waals surface area contributed by atoms with Crippen LogP contribution in [0.2, 0.25) is 5.02 Å². The molecular weight excluding hydrogens is 308 g/mol. The number of carbonyl (C=O) groups is 2. The van der Waals surface area contributed by atoms with E-state index < -0.39 is 5.97 Å². The monoisotopic (exact) mass is 316 g/mol. The van der Waals surface area contributed by atoms with E-state index in [1.807, 2.05) is 0 Å². The Bertz CT molecular complexity index is 623. The summed E-state index contributed by atoms with van der Waals surface area (Å²) in [5.41, 5.74) is -0.0183. The first-order chi connectivity index (χ1) is 8.99. The Hall–Kier alpha value is -1.44. The normalized spacial score (nSPS) is 12.1. The van der Waals surface area contributed by atoms with Gasteiger partial charge in [0.15, 0.2) is 5.69 Å². The van der Waals surface area contributed by atoms with Gasteiger partial charge in [0.1, 0.15) is 9.88 Å². The zero-order valence-corrected chi connectivity index (χ0v) is 12.1. The van der Waals surface area contributed by atoms with Gasteiger partial charge in [-0.3, -0.25) is 4.79 Å². The van der Waals surface area contributed by atoms with Crippen LogP contribution in [0.5, 0.6) is 0 Å². The minimum absolute atomic E-state index is 0.0183. The predicted octanol–water partition coefficient (Wildman–Crippen LogP) is 3.05. The number of thiophene rings is 1. The molecule has 0 bridgehead atoms. The molecule has 2 aromatic rings. The van der Waals surface area contributed by atoms with Crippen molar-refractivity contribution in [3.8, 4) is 0 Å². The fraction of sp³-hybridized carbons (Fsp3) is 0.182. The summed E-state index contributed by atoms with van der Waals surface area (Å²) in [6.07, 6.45) is 0. The van der Waals surface area contributed by atoms with Crippen molar-refractivity contribution in [2.24, 2.45) is 0 Å². The minimum Gasteiger partial charge on any atom is -0.476 e. The fourth-order valence-electron chi connectivity index (χ4n) is 1.36. The van der Waals surface area contributed by atoms with Crippen molar-refractivity contribution in [3.05, 3.63) is 37.4 Å². The van der Waals surface area contributed by atoms with Gasteiger partial charge in [0.2, 0.25) is 0 Å². The molecule has 1 unspecified atom stereocenters. The number of aromatic carboxylic acids is 1. The van der Waals surface area contributed by atoms with Crippen LogP contribution in [0.25, 0.3) is 0 Å². The van der Waals surface area contributed by atoms with Gasteiger partial charge >= 0.3 is 5.97 Å². The van der Waals surface area contributed by atoms with Crippen LogP contribution in [0.4, 0.5) is 0 Å². The highest BCUT2D eigenvalue weighted by atomic mass is 35.5. The maximum Gasteiger partial charge on any atom is 0.355 e. The van der Waals surface area contributed by atoms with Crippen LogP contribution in [0, 0.1) is 0 Å².